The van der Waals surface area contributed by atoms with Gasteiger partial charge in [0.2, 0.25) is 0 Å². The van der Waals surface area contributed by atoms with Crippen LogP contribution in [0.25, 0.3) is 0 Å². The summed E-state index contributed by atoms with van der Waals surface area (Å²) in [6.07, 6.45) is 2.19. The average molecular weight is 308 g/mol. The molecule has 21 heavy (non-hydrogen) atoms. The van der Waals surface area contributed by atoms with Crippen LogP contribution < -0.4 is 0 Å². The second kappa shape index (κ2) is 6.58. The highest BCUT2D eigenvalue weighted by atomic mass is 35.5. The molecule has 0 radical (unpaired) electrons. The minimum atomic E-state index is -0.129. The SMILES string of the molecule is CC(C)(C)n1nc(CCc2ccc(Cl)cc2)nc1CCO. The molecule has 0 aliphatic rings. The Balaban J connectivity index is 2.11. The third kappa shape index (κ3) is 4.29. The molecular formula is C16H22ClN3O. The van der Waals surface area contributed by atoms with E-state index in [1.54, 1.807) is 0 Å². The van der Waals surface area contributed by atoms with Crippen molar-refractivity contribution in [3.8, 4) is 0 Å². The summed E-state index contributed by atoms with van der Waals surface area (Å²) in [4.78, 5) is 4.56. The van der Waals surface area contributed by atoms with Gasteiger partial charge in [0.05, 0.1) is 12.1 Å². The summed E-state index contributed by atoms with van der Waals surface area (Å²) >= 11 is 5.89. The van der Waals surface area contributed by atoms with Crippen molar-refractivity contribution >= 4 is 11.6 Å². The predicted octanol–water partition coefficient (Wildman–Crippen LogP) is 3.01. The zero-order valence-electron chi connectivity index (χ0n) is 12.8. The third-order valence-corrected chi connectivity index (χ3v) is 3.49. The van der Waals surface area contributed by atoms with Gasteiger partial charge in [0.25, 0.3) is 0 Å². The smallest absolute Gasteiger partial charge is 0.151 e. The number of nitrogens with zero attached hydrogens (tertiary/aromatic N) is 3. The van der Waals surface area contributed by atoms with Crippen molar-refractivity contribution < 1.29 is 5.11 Å². The lowest BCUT2D eigenvalue weighted by Gasteiger charge is -2.20. The predicted molar refractivity (Wildman–Crippen MR) is 84.7 cm³/mol. The lowest BCUT2D eigenvalue weighted by molar-refractivity contribution is 0.281. The average Bonchev–Trinajstić information content (AvgIpc) is 2.82. The maximum absolute atomic E-state index is 9.16. The molecule has 0 bridgehead atoms. The number of rotatable bonds is 5. The second-order valence-corrected chi connectivity index (χ2v) is 6.56. The minimum Gasteiger partial charge on any atom is -0.396 e. The van der Waals surface area contributed by atoms with Crippen molar-refractivity contribution in [3.63, 3.8) is 0 Å². The van der Waals surface area contributed by atoms with Crippen LogP contribution in [-0.4, -0.2) is 26.5 Å². The minimum absolute atomic E-state index is 0.0887. The number of aliphatic hydroxyl groups excluding tert-OH is 1. The topological polar surface area (TPSA) is 50.9 Å². The van der Waals surface area contributed by atoms with Crippen molar-refractivity contribution in [3.05, 3.63) is 46.5 Å². The molecule has 0 spiro atoms. The van der Waals surface area contributed by atoms with Gasteiger partial charge in [-0.05, 0) is 44.9 Å². The molecular weight excluding hydrogens is 286 g/mol. The van der Waals surface area contributed by atoms with Crippen LogP contribution in [0.2, 0.25) is 5.02 Å². The second-order valence-electron chi connectivity index (χ2n) is 6.13. The molecule has 5 heteroatoms. The van der Waals surface area contributed by atoms with Crippen LogP contribution in [0, 0.1) is 0 Å². The highest BCUT2D eigenvalue weighted by Crippen LogP contribution is 2.17. The summed E-state index contributed by atoms with van der Waals surface area (Å²) in [6.45, 7) is 6.36. The Morgan fingerprint density at radius 2 is 1.76 bits per heavy atom. The molecule has 0 unspecified atom stereocenters. The fourth-order valence-electron chi connectivity index (χ4n) is 2.20. The van der Waals surface area contributed by atoms with Crippen LogP contribution >= 0.6 is 11.6 Å². The van der Waals surface area contributed by atoms with Gasteiger partial charge in [-0.1, -0.05) is 23.7 Å². The van der Waals surface area contributed by atoms with Crippen molar-refractivity contribution in [2.45, 2.75) is 45.6 Å². The quantitative estimate of drug-likeness (QED) is 0.924. The Morgan fingerprint density at radius 3 is 2.33 bits per heavy atom. The first-order valence-electron chi connectivity index (χ1n) is 7.21. The number of halogens is 1. The Kier molecular flexibility index (Phi) is 5.01. The van der Waals surface area contributed by atoms with Gasteiger partial charge in [-0.2, -0.15) is 5.10 Å². The van der Waals surface area contributed by atoms with Gasteiger partial charge < -0.3 is 5.11 Å². The van der Waals surface area contributed by atoms with Gasteiger partial charge in [0, 0.05) is 17.9 Å². The number of aliphatic hydroxyl groups is 1. The number of aryl methyl sites for hydroxylation is 2. The Hall–Kier alpha value is -1.39. The van der Waals surface area contributed by atoms with Crippen LogP contribution in [0.15, 0.2) is 24.3 Å². The number of benzene rings is 1. The molecule has 1 N–H and O–H groups in total. The summed E-state index contributed by atoms with van der Waals surface area (Å²) in [7, 11) is 0. The van der Waals surface area contributed by atoms with E-state index in [1.165, 1.54) is 5.56 Å². The van der Waals surface area contributed by atoms with Crippen LogP contribution in [-0.2, 0) is 24.8 Å². The van der Waals surface area contributed by atoms with Crippen LogP contribution in [0.1, 0.15) is 38.0 Å². The zero-order valence-corrected chi connectivity index (χ0v) is 13.6. The van der Waals surface area contributed by atoms with Crippen LogP contribution in [0.4, 0.5) is 0 Å². The molecule has 2 rings (SSSR count). The van der Waals surface area contributed by atoms with Gasteiger partial charge in [0.15, 0.2) is 5.82 Å². The molecule has 1 aromatic carbocycles. The fraction of sp³-hybridized carbons (Fsp3) is 0.500. The highest BCUT2D eigenvalue weighted by Gasteiger charge is 2.20. The van der Waals surface area contributed by atoms with Crippen molar-refractivity contribution in [1.82, 2.24) is 14.8 Å². The van der Waals surface area contributed by atoms with E-state index in [-0.39, 0.29) is 12.1 Å². The number of aromatic nitrogens is 3. The maximum atomic E-state index is 9.16. The van der Waals surface area contributed by atoms with E-state index >= 15 is 0 Å². The van der Waals surface area contributed by atoms with E-state index in [2.05, 4.69) is 30.9 Å². The van der Waals surface area contributed by atoms with Gasteiger partial charge >= 0.3 is 0 Å². The molecule has 0 atom stereocenters. The lowest BCUT2D eigenvalue weighted by atomic mass is 10.1. The third-order valence-electron chi connectivity index (χ3n) is 3.24. The van der Waals surface area contributed by atoms with Crippen molar-refractivity contribution in [2.24, 2.45) is 0 Å². The highest BCUT2D eigenvalue weighted by molar-refractivity contribution is 6.30. The molecule has 0 aliphatic carbocycles. The first-order valence-corrected chi connectivity index (χ1v) is 7.58. The van der Waals surface area contributed by atoms with E-state index in [0.717, 1.165) is 29.5 Å². The van der Waals surface area contributed by atoms with Gasteiger partial charge in [-0.15, -0.1) is 0 Å². The first kappa shape index (κ1) is 16.0. The molecule has 0 amide bonds. The van der Waals surface area contributed by atoms with Crippen LogP contribution in [0.3, 0.4) is 0 Å². The molecule has 0 saturated carbocycles. The van der Waals surface area contributed by atoms with Crippen molar-refractivity contribution in [2.75, 3.05) is 6.61 Å². The Morgan fingerprint density at radius 1 is 1.10 bits per heavy atom. The van der Waals surface area contributed by atoms with Crippen molar-refractivity contribution in [1.29, 1.82) is 0 Å². The largest absolute Gasteiger partial charge is 0.396 e. The zero-order chi connectivity index (χ0) is 15.5. The summed E-state index contributed by atoms with van der Waals surface area (Å²) in [5.41, 5.74) is 1.09. The Bertz CT molecular complexity index is 585. The lowest BCUT2D eigenvalue weighted by Crippen LogP contribution is -2.26. The fourth-order valence-corrected chi connectivity index (χ4v) is 2.33. The van der Waals surface area contributed by atoms with E-state index in [0.29, 0.717) is 6.42 Å². The summed E-state index contributed by atoms with van der Waals surface area (Å²) in [6, 6.07) is 7.85. The van der Waals surface area contributed by atoms with E-state index in [4.69, 9.17) is 16.7 Å². The summed E-state index contributed by atoms with van der Waals surface area (Å²) in [5, 5.41) is 14.5. The van der Waals surface area contributed by atoms with Gasteiger partial charge in [-0.3, -0.25) is 0 Å². The molecule has 0 fully saturated rings. The molecule has 1 heterocycles. The Labute approximate surface area is 130 Å². The molecule has 0 saturated heterocycles. The number of hydrogen-bond donors (Lipinski definition) is 1. The molecule has 114 valence electrons. The summed E-state index contributed by atoms with van der Waals surface area (Å²) in [5.74, 6) is 1.67. The first-order chi connectivity index (χ1) is 9.90. The maximum Gasteiger partial charge on any atom is 0.151 e. The van der Waals surface area contributed by atoms with E-state index < -0.39 is 0 Å². The van der Waals surface area contributed by atoms with Gasteiger partial charge in [-0.25, -0.2) is 9.67 Å². The normalized spacial score (nSPS) is 11.9. The standard InChI is InChI=1S/C16H22ClN3O/c1-16(2,3)20-15(10-11-21)18-14(19-20)9-6-12-4-7-13(17)8-5-12/h4-5,7-8,21H,6,9-11H2,1-3H3. The van der Waals surface area contributed by atoms with E-state index in [9.17, 15) is 0 Å². The molecule has 4 nitrogen and oxygen atoms in total. The molecule has 1 aromatic heterocycles. The monoisotopic (exact) mass is 307 g/mol. The van der Waals surface area contributed by atoms with Gasteiger partial charge in [0.1, 0.15) is 5.82 Å². The van der Waals surface area contributed by atoms with E-state index in [1.807, 2.05) is 28.9 Å². The molecule has 0 aliphatic heterocycles. The molecule has 2 aromatic rings. The summed E-state index contributed by atoms with van der Waals surface area (Å²) < 4.78 is 1.92. The number of hydrogen-bond acceptors (Lipinski definition) is 3. The van der Waals surface area contributed by atoms with Crippen LogP contribution in [0.5, 0.6) is 0 Å².